The van der Waals surface area contributed by atoms with Gasteiger partial charge in [0.1, 0.15) is 17.1 Å². The molecule has 0 bridgehead atoms. The molecule has 194 valence electrons. The van der Waals surface area contributed by atoms with Crippen LogP contribution in [0.25, 0.3) is 0 Å². The maximum Gasteiger partial charge on any atom is 0.355 e. The minimum atomic E-state index is -0.810. The molecule has 8 nitrogen and oxygen atoms in total. The summed E-state index contributed by atoms with van der Waals surface area (Å²) in [4.78, 5) is 54.0. The first kappa shape index (κ1) is 25.7. The largest absolute Gasteiger partial charge is 0.464 e. The number of hydrogen-bond acceptors (Lipinski definition) is 8. The average Bonchev–Trinajstić information content (AvgIpc) is 3.47. The first-order valence-corrected chi connectivity index (χ1v) is 13.8. The number of nitrogens with one attached hydrogen (secondary N) is 1. The number of β-lactam (4-membered cyclic amide) rings is 1. The monoisotopic (exact) mass is 548 g/mol. The zero-order valence-electron chi connectivity index (χ0n) is 20.4. The molecule has 0 radical (unpaired) electrons. The minimum Gasteiger partial charge on any atom is -0.464 e. The van der Waals surface area contributed by atoms with Crippen molar-refractivity contribution in [1.82, 2.24) is 10.2 Å². The molecular formula is C28H24N2O6S2. The van der Waals surface area contributed by atoms with Crippen LogP contribution in [0.15, 0.2) is 89.4 Å². The number of carbonyl (C=O) groups excluding carboxylic acids is 4. The fourth-order valence-electron chi connectivity index (χ4n) is 4.42. The van der Waals surface area contributed by atoms with E-state index in [2.05, 4.69) is 5.32 Å². The van der Waals surface area contributed by atoms with E-state index >= 15 is 0 Å². The third kappa shape index (κ3) is 5.09. The van der Waals surface area contributed by atoms with E-state index in [1.54, 1.807) is 0 Å². The van der Waals surface area contributed by atoms with Crippen molar-refractivity contribution in [2.24, 2.45) is 0 Å². The Morgan fingerprint density at radius 1 is 0.974 bits per heavy atom. The van der Waals surface area contributed by atoms with E-state index in [4.69, 9.17) is 9.47 Å². The molecule has 1 fully saturated rings. The third-order valence-corrected chi connectivity index (χ3v) is 8.41. The van der Waals surface area contributed by atoms with Gasteiger partial charge in [-0.15, -0.1) is 23.1 Å². The number of methoxy groups -OCH3 is 1. The lowest BCUT2D eigenvalue weighted by Gasteiger charge is -2.49. The van der Waals surface area contributed by atoms with E-state index in [1.165, 1.54) is 35.1 Å². The number of rotatable bonds is 8. The van der Waals surface area contributed by atoms with Gasteiger partial charge >= 0.3 is 11.9 Å². The summed E-state index contributed by atoms with van der Waals surface area (Å²) >= 11 is 2.75. The first-order valence-electron chi connectivity index (χ1n) is 11.9. The number of thioether (sulfide) groups is 1. The Bertz CT molecular complexity index is 1340. The van der Waals surface area contributed by atoms with Gasteiger partial charge in [0.15, 0.2) is 6.10 Å². The van der Waals surface area contributed by atoms with Gasteiger partial charge in [-0.3, -0.25) is 14.5 Å². The van der Waals surface area contributed by atoms with Gasteiger partial charge in [0.05, 0.1) is 19.1 Å². The van der Waals surface area contributed by atoms with Gasteiger partial charge in [-0.05, 0) is 22.6 Å². The molecule has 1 N–H and O–H groups in total. The number of fused-ring (bicyclic) bond motifs is 1. The standard InChI is InChI=1S/C28H24N2O6S2/c1-35-28(34)23-20(27(33)36-24(17-9-4-2-5-10-17)18-11-6-3-7-12-18)16-38-26-22(25(32)30(23)26)29-21(31)15-19-13-8-14-37-19/h2-14,22,24,26H,15-16H2,1H3,(H,29,31)/t22?,26-/m0/s1. The van der Waals surface area contributed by atoms with Crippen molar-refractivity contribution in [3.05, 3.63) is 105 Å². The lowest BCUT2D eigenvalue weighted by molar-refractivity contribution is -0.153. The maximum atomic E-state index is 13.5. The zero-order valence-corrected chi connectivity index (χ0v) is 22.0. The molecule has 0 saturated carbocycles. The lowest BCUT2D eigenvalue weighted by atomic mass is 10.0. The van der Waals surface area contributed by atoms with E-state index in [9.17, 15) is 19.2 Å². The molecule has 0 spiro atoms. The van der Waals surface area contributed by atoms with Crippen molar-refractivity contribution in [2.45, 2.75) is 23.9 Å². The normalized spacial score (nSPS) is 18.5. The SMILES string of the molecule is COC(=O)C1=C(C(=O)OC(c2ccccc2)c2ccccc2)CS[C@H]2C(NC(=O)Cc3cccs3)C(=O)N12. The number of nitrogens with zero attached hydrogens (tertiary/aromatic N) is 1. The zero-order chi connectivity index (χ0) is 26.6. The fourth-order valence-corrected chi connectivity index (χ4v) is 6.45. The van der Waals surface area contributed by atoms with Crippen molar-refractivity contribution in [2.75, 3.05) is 12.9 Å². The smallest absolute Gasteiger partial charge is 0.355 e. The maximum absolute atomic E-state index is 13.5. The quantitative estimate of drug-likeness (QED) is 0.340. The Morgan fingerprint density at radius 2 is 1.63 bits per heavy atom. The van der Waals surface area contributed by atoms with E-state index in [-0.39, 0.29) is 29.4 Å². The summed E-state index contributed by atoms with van der Waals surface area (Å²) in [6.45, 7) is 0. The molecule has 2 amide bonds. The molecule has 2 aliphatic heterocycles. The van der Waals surface area contributed by atoms with Crippen molar-refractivity contribution in [3.8, 4) is 0 Å². The van der Waals surface area contributed by atoms with Gasteiger partial charge in [-0.1, -0.05) is 66.7 Å². The van der Waals surface area contributed by atoms with Crippen LogP contribution >= 0.6 is 23.1 Å². The van der Waals surface area contributed by atoms with Gasteiger partial charge in [-0.2, -0.15) is 0 Å². The fraction of sp³-hybridized carbons (Fsp3) is 0.214. The van der Waals surface area contributed by atoms with E-state index in [1.807, 2.05) is 78.2 Å². The highest BCUT2D eigenvalue weighted by Gasteiger charge is 2.55. The van der Waals surface area contributed by atoms with E-state index in [0.717, 1.165) is 16.0 Å². The number of ether oxygens (including phenoxy) is 2. The Balaban J connectivity index is 1.38. The average molecular weight is 549 g/mol. The van der Waals surface area contributed by atoms with Crippen LogP contribution in [-0.4, -0.2) is 52.9 Å². The topological polar surface area (TPSA) is 102 Å². The number of esters is 2. The van der Waals surface area contributed by atoms with Crippen LogP contribution < -0.4 is 5.32 Å². The molecule has 2 aliphatic rings. The second-order valence-electron chi connectivity index (χ2n) is 8.64. The van der Waals surface area contributed by atoms with E-state index in [0.29, 0.717) is 0 Å². The van der Waals surface area contributed by atoms with E-state index < -0.39 is 35.4 Å². The predicted octanol–water partition coefficient (Wildman–Crippen LogP) is 3.45. The van der Waals surface area contributed by atoms with Crippen molar-refractivity contribution in [3.63, 3.8) is 0 Å². The van der Waals surface area contributed by atoms with Gasteiger partial charge in [0.25, 0.3) is 5.91 Å². The minimum absolute atomic E-state index is 0.0478. The highest BCUT2D eigenvalue weighted by molar-refractivity contribution is 8.00. The highest BCUT2D eigenvalue weighted by atomic mass is 32.2. The number of hydrogen-bond donors (Lipinski definition) is 1. The van der Waals surface area contributed by atoms with Gasteiger partial charge in [0, 0.05) is 10.6 Å². The molecule has 3 heterocycles. The Labute approximate surface area is 227 Å². The summed E-state index contributed by atoms with van der Waals surface area (Å²) in [7, 11) is 1.19. The van der Waals surface area contributed by atoms with Crippen molar-refractivity contribution >= 4 is 46.9 Å². The number of thiophene rings is 1. The van der Waals surface area contributed by atoms with Gasteiger partial charge in [0.2, 0.25) is 5.91 Å². The van der Waals surface area contributed by atoms with Crippen LogP contribution in [0.4, 0.5) is 0 Å². The molecule has 10 heteroatoms. The first-order chi connectivity index (χ1) is 18.5. The molecule has 0 aliphatic carbocycles. The van der Waals surface area contributed by atoms with Crippen LogP contribution in [0.1, 0.15) is 22.1 Å². The van der Waals surface area contributed by atoms with Gasteiger partial charge < -0.3 is 14.8 Å². The van der Waals surface area contributed by atoms with Crippen LogP contribution in [0.3, 0.4) is 0 Å². The van der Waals surface area contributed by atoms with Crippen LogP contribution in [0.2, 0.25) is 0 Å². The molecule has 1 aromatic heterocycles. The summed E-state index contributed by atoms with van der Waals surface area (Å²) < 4.78 is 10.9. The Kier molecular flexibility index (Phi) is 7.62. The number of carbonyl (C=O) groups is 4. The molecule has 1 unspecified atom stereocenters. The summed E-state index contributed by atoms with van der Waals surface area (Å²) in [6.07, 6.45) is -0.549. The molecular weight excluding hydrogens is 524 g/mol. The predicted molar refractivity (Wildman–Crippen MR) is 143 cm³/mol. The van der Waals surface area contributed by atoms with Gasteiger partial charge in [-0.25, -0.2) is 9.59 Å². The highest BCUT2D eigenvalue weighted by Crippen LogP contribution is 2.41. The Hall–Kier alpha value is -3.89. The summed E-state index contributed by atoms with van der Waals surface area (Å²) in [5, 5.41) is 4.12. The molecule has 38 heavy (non-hydrogen) atoms. The molecule has 5 rings (SSSR count). The molecule has 2 aromatic carbocycles. The van der Waals surface area contributed by atoms with Crippen LogP contribution in [0, 0.1) is 0 Å². The van der Waals surface area contributed by atoms with Crippen molar-refractivity contribution in [1.29, 1.82) is 0 Å². The summed E-state index contributed by atoms with van der Waals surface area (Å²) in [5.74, 6) is -2.17. The molecule has 2 atom stereocenters. The van der Waals surface area contributed by atoms with Crippen molar-refractivity contribution < 1.29 is 28.7 Å². The molecule has 3 aromatic rings. The second kappa shape index (κ2) is 11.2. The second-order valence-corrected chi connectivity index (χ2v) is 10.8. The number of amides is 2. The van der Waals surface area contributed by atoms with Crippen LogP contribution in [0.5, 0.6) is 0 Å². The molecule has 1 saturated heterocycles. The van der Waals surface area contributed by atoms with Crippen LogP contribution in [-0.2, 0) is 35.1 Å². The lowest BCUT2D eigenvalue weighted by Crippen LogP contribution is -2.70. The summed E-state index contributed by atoms with van der Waals surface area (Å²) in [6, 6.07) is 21.5. The Morgan fingerprint density at radius 3 is 2.21 bits per heavy atom. The summed E-state index contributed by atoms with van der Waals surface area (Å²) in [5.41, 5.74) is 1.44. The third-order valence-electron chi connectivity index (χ3n) is 6.25. The number of benzene rings is 2.